The highest BCUT2D eigenvalue weighted by molar-refractivity contribution is 7.15. The molecule has 2 aliphatic rings. The number of nitrogens with zero attached hydrogens (tertiary/aromatic N) is 3. The van der Waals surface area contributed by atoms with Crippen molar-refractivity contribution in [2.45, 2.75) is 57.9 Å². The van der Waals surface area contributed by atoms with Gasteiger partial charge in [0.05, 0.1) is 0 Å². The number of aromatic nitrogens is 2. The zero-order valence-corrected chi connectivity index (χ0v) is 11.6. The summed E-state index contributed by atoms with van der Waals surface area (Å²) in [5, 5.41) is 10.0. The molecule has 0 saturated heterocycles. The van der Waals surface area contributed by atoms with Crippen LogP contribution in [0.15, 0.2) is 0 Å². The van der Waals surface area contributed by atoms with Crippen molar-refractivity contribution in [2.75, 3.05) is 4.90 Å². The molecule has 0 unspecified atom stereocenters. The Morgan fingerprint density at radius 1 is 1.17 bits per heavy atom. The van der Waals surface area contributed by atoms with Gasteiger partial charge in [-0.25, -0.2) is 0 Å². The summed E-state index contributed by atoms with van der Waals surface area (Å²) in [4.78, 5) is 14.5. The van der Waals surface area contributed by atoms with Crippen LogP contribution >= 0.6 is 11.3 Å². The van der Waals surface area contributed by atoms with Crippen molar-refractivity contribution in [1.29, 1.82) is 0 Å². The minimum Gasteiger partial charge on any atom is -0.283 e. The molecule has 5 heteroatoms. The second-order valence-electron chi connectivity index (χ2n) is 5.38. The lowest BCUT2D eigenvalue weighted by Crippen LogP contribution is -2.42. The summed E-state index contributed by atoms with van der Waals surface area (Å²) in [6.45, 7) is 1.95. The van der Waals surface area contributed by atoms with Crippen molar-refractivity contribution >= 4 is 22.4 Å². The van der Waals surface area contributed by atoms with Crippen LogP contribution in [0.25, 0.3) is 0 Å². The van der Waals surface area contributed by atoms with Crippen molar-refractivity contribution in [1.82, 2.24) is 10.2 Å². The van der Waals surface area contributed by atoms with E-state index >= 15 is 0 Å². The molecule has 0 radical (unpaired) electrons. The van der Waals surface area contributed by atoms with Crippen LogP contribution in [-0.4, -0.2) is 22.1 Å². The first-order chi connectivity index (χ1) is 8.75. The summed E-state index contributed by atoms with van der Waals surface area (Å²) in [5.41, 5.74) is 0. The van der Waals surface area contributed by atoms with E-state index in [9.17, 15) is 4.79 Å². The monoisotopic (exact) mass is 265 g/mol. The van der Waals surface area contributed by atoms with Gasteiger partial charge in [-0.3, -0.25) is 9.69 Å². The van der Waals surface area contributed by atoms with Gasteiger partial charge in [0.2, 0.25) is 11.0 Å². The number of amides is 1. The predicted octanol–water partition coefficient (Wildman–Crippen LogP) is 2.92. The Hall–Kier alpha value is -0.970. The first-order valence-electron chi connectivity index (χ1n) is 6.89. The first-order valence-corrected chi connectivity index (χ1v) is 7.70. The number of carbonyl (C=O) groups excluding carboxylic acids is 1. The minimum atomic E-state index is 0.260. The van der Waals surface area contributed by atoms with Crippen molar-refractivity contribution in [3.63, 3.8) is 0 Å². The first kappa shape index (κ1) is 12.1. The van der Waals surface area contributed by atoms with Gasteiger partial charge in [0.25, 0.3) is 0 Å². The maximum atomic E-state index is 12.5. The molecule has 18 heavy (non-hydrogen) atoms. The molecule has 0 atom stereocenters. The van der Waals surface area contributed by atoms with Gasteiger partial charge in [-0.2, -0.15) is 0 Å². The lowest BCUT2D eigenvalue weighted by atomic mass is 9.94. The number of carbonyl (C=O) groups is 1. The van der Waals surface area contributed by atoms with Crippen LogP contribution < -0.4 is 4.90 Å². The molecular weight excluding hydrogens is 246 g/mol. The van der Waals surface area contributed by atoms with Crippen LogP contribution in [0.3, 0.4) is 0 Å². The van der Waals surface area contributed by atoms with Crippen molar-refractivity contribution in [2.24, 2.45) is 5.92 Å². The van der Waals surface area contributed by atoms with Gasteiger partial charge in [-0.05, 0) is 32.6 Å². The van der Waals surface area contributed by atoms with Crippen molar-refractivity contribution in [3.8, 4) is 0 Å². The maximum Gasteiger partial charge on any atom is 0.232 e. The van der Waals surface area contributed by atoms with Gasteiger partial charge >= 0.3 is 0 Å². The van der Waals surface area contributed by atoms with E-state index in [-0.39, 0.29) is 11.8 Å². The fourth-order valence-electron chi connectivity index (χ4n) is 2.68. The highest BCUT2D eigenvalue weighted by Crippen LogP contribution is 2.37. The van der Waals surface area contributed by atoms with Crippen LogP contribution in [0.2, 0.25) is 0 Å². The van der Waals surface area contributed by atoms with E-state index < -0.39 is 0 Å². The van der Waals surface area contributed by atoms with Crippen molar-refractivity contribution in [3.05, 3.63) is 5.01 Å². The van der Waals surface area contributed by atoms with Crippen LogP contribution in [0.4, 0.5) is 5.13 Å². The molecule has 1 aromatic heterocycles. The molecular formula is C13H19N3OS. The molecule has 98 valence electrons. The highest BCUT2D eigenvalue weighted by atomic mass is 32.1. The lowest BCUT2D eigenvalue weighted by molar-refractivity contribution is -0.120. The normalized spacial score (nSPS) is 20.9. The standard InChI is InChI=1S/C13H19N3OS/c1-9-14-15-13(18-9)16(12(17)10-7-8-10)11-5-3-2-4-6-11/h10-11H,2-8H2,1H3. The van der Waals surface area contributed by atoms with E-state index in [1.54, 1.807) is 11.3 Å². The summed E-state index contributed by atoms with van der Waals surface area (Å²) in [6, 6.07) is 0.360. The lowest BCUT2D eigenvalue weighted by Gasteiger charge is -2.32. The van der Waals surface area contributed by atoms with E-state index in [4.69, 9.17) is 0 Å². The molecule has 2 aliphatic carbocycles. The Balaban J connectivity index is 1.84. The van der Waals surface area contributed by atoms with Crippen molar-refractivity contribution < 1.29 is 4.79 Å². The second-order valence-corrected chi connectivity index (χ2v) is 6.54. The highest BCUT2D eigenvalue weighted by Gasteiger charge is 2.38. The summed E-state index contributed by atoms with van der Waals surface area (Å²) in [7, 11) is 0. The topological polar surface area (TPSA) is 46.1 Å². The third-order valence-corrected chi connectivity index (χ3v) is 4.66. The summed E-state index contributed by atoms with van der Waals surface area (Å²) < 4.78 is 0. The molecule has 3 rings (SSSR count). The molecule has 1 amide bonds. The van der Waals surface area contributed by atoms with Gasteiger partial charge in [-0.1, -0.05) is 30.6 Å². The Bertz CT molecular complexity index is 435. The number of hydrogen-bond donors (Lipinski definition) is 0. The SMILES string of the molecule is Cc1nnc(N(C(=O)C2CC2)C2CCCCC2)s1. The van der Waals surface area contributed by atoms with E-state index in [0.717, 1.165) is 35.8 Å². The molecule has 0 bridgehead atoms. The average molecular weight is 265 g/mol. The summed E-state index contributed by atoms with van der Waals surface area (Å²) in [6.07, 6.45) is 8.12. The maximum absolute atomic E-state index is 12.5. The molecule has 2 saturated carbocycles. The largest absolute Gasteiger partial charge is 0.283 e. The number of anilines is 1. The fourth-order valence-corrected chi connectivity index (χ4v) is 3.45. The third kappa shape index (κ3) is 2.41. The molecule has 1 aromatic rings. The zero-order valence-electron chi connectivity index (χ0n) is 10.8. The zero-order chi connectivity index (χ0) is 12.5. The van der Waals surface area contributed by atoms with E-state index in [2.05, 4.69) is 10.2 Å². The molecule has 2 fully saturated rings. The average Bonchev–Trinajstić information content (AvgIpc) is 3.15. The van der Waals surface area contributed by atoms with Gasteiger partial charge in [0.15, 0.2) is 0 Å². The quantitative estimate of drug-likeness (QED) is 0.844. The molecule has 4 nitrogen and oxygen atoms in total. The molecule has 0 spiro atoms. The van der Waals surface area contributed by atoms with E-state index in [0.29, 0.717) is 6.04 Å². The summed E-state index contributed by atoms with van der Waals surface area (Å²) in [5.74, 6) is 0.550. The van der Waals surface area contributed by atoms with E-state index in [1.807, 2.05) is 11.8 Å². The molecule has 0 aliphatic heterocycles. The second kappa shape index (κ2) is 4.96. The number of rotatable bonds is 3. The minimum absolute atomic E-state index is 0.260. The smallest absolute Gasteiger partial charge is 0.232 e. The predicted molar refractivity (Wildman–Crippen MR) is 71.7 cm³/mol. The number of aryl methyl sites for hydroxylation is 1. The van der Waals surface area contributed by atoms with Gasteiger partial charge in [0.1, 0.15) is 5.01 Å². The van der Waals surface area contributed by atoms with E-state index in [1.165, 1.54) is 19.3 Å². The molecule has 1 heterocycles. The Kier molecular flexibility index (Phi) is 3.33. The molecule has 0 N–H and O–H groups in total. The Morgan fingerprint density at radius 3 is 2.44 bits per heavy atom. The fraction of sp³-hybridized carbons (Fsp3) is 0.769. The Morgan fingerprint density at radius 2 is 1.89 bits per heavy atom. The van der Waals surface area contributed by atoms with Crippen LogP contribution in [-0.2, 0) is 4.79 Å². The van der Waals surface area contributed by atoms with Crippen LogP contribution in [0, 0.1) is 12.8 Å². The Labute approximate surface area is 111 Å². The van der Waals surface area contributed by atoms with Gasteiger partial charge < -0.3 is 0 Å². The van der Waals surface area contributed by atoms with Gasteiger partial charge in [-0.15, -0.1) is 10.2 Å². The number of hydrogen-bond acceptors (Lipinski definition) is 4. The van der Waals surface area contributed by atoms with Gasteiger partial charge in [0, 0.05) is 12.0 Å². The summed E-state index contributed by atoms with van der Waals surface area (Å²) >= 11 is 1.55. The van der Waals surface area contributed by atoms with Crippen LogP contribution in [0.1, 0.15) is 50.0 Å². The molecule has 0 aromatic carbocycles. The van der Waals surface area contributed by atoms with Crippen LogP contribution in [0.5, 0.6) is 0 Å². The third-order valence-electron chi connectivity index (χ3n) is 3.83.